The highest BCUT2D eigenvalue weighted by atomic mass is 16.5. The van der Waals surface area contributed by atoms with Crippen LogP contribution < -0.4 is 4.90 Å². The zero-order valence-corrected chi connectivity index (χ0v) is 14.9. The Morgan fingerprint density at radius 3 is 2.09 bits per heavy atom. The third-order valence-electron chi connectivity index (χ3n) is 4.13. The van der Waals surface area contributed by atoms with Gasteiger partial charge < -0.3 is 18.9 Å². The molecular weight excluding hydrogens is 284 g/mol. The monoisotopic (exact) mass is 318 g/mol. The minimum Gasteiger partial charge on any atom is -0.469 e. The Hall–Kier alpha value is -1.14. The molecule has 0 radical (unpaired) electrons. The van der Waals surface area contributed by atoms with E-state index in [1.165, 1.54) is 19.1 Å². The topological polar surface area (TPSA) is 57.0 Å². The molecule has 0 heterocycles. The van der Waals surface area contributed by atoms with Gasteiger partial charge in [0.05, 0.1) is 60.8 Å². The zero-order valence-electron chi connectivity index (χ0n) is 14.9. The van der Waals surface area contributed by atoms with E-state index in [2.05, 4.69) is 25.8 Å². The molecule has 2 atom stereocenters. The molecule has 22 heavy (non-hydrogen) atoms. The summed E-state index contributed by atoms with van der Waals surface area (Å²) < 4.78 is 10.3. The number of quaternary nitrogens is 2. The summed E-state index contributed by atoms with van der Waals surface area (Å²) in [6.07, 6.45) is 2.92. The first-order valence-corrected chi connectivity index (χ1v) is 8.15. The molecule has 0 aromatic heterocycles. The Kier molecular flexibility index (Phi) is 10.8. The minimum absolute atomic E-state index is 0.135. The van der Waals surface area contributed by atoms with Crippen molar-refractivity contribution < 1.29 is 28.4 Å². The Labute approximate surface area is 134 Å². The summed E-state index contributed by atoms with van der Waals surface area (Å²) in [6.45, 7) is 7.11. The molecule has 0 aromatic carbocycles. The molecule has 0 rings (SSSR count). The largest absolute Gasteiger partial charge is 0.469 e. The summed E-state index contributed by atoms with van der Waals surface area (Å²) in [4.78, 5) is 23.7. The molecule has 6 heteroatoms. The highest BCUT2D eigenvalue weighted by molar-refractivity contribution is 5.69. The van der Waals surface area contributed by atoms with Gasteiger partial charge >= 0.3 is 11.9 Å². The Bertz CT molecular complexity index is 336. The van der Waals surface area contributed by atoms with E-state index in [1.807, 2.05) is 0 Å². The van der Waals surface area contributed by atoms with Gasteiger partial charge in [-0.25, -0.2) is 0 Å². The maximum absolute atomic E-state index is 11.2. The molecule has 0 aliphatic heterocycles. The second-order valence-electron chi connectivity index (χ2n) is 6.25. The van der Waals surface area contributed by atoms with E-state index >= 15 is 0 Å². The van der Waals surface area contributed by atoms with Gasteiger partial charge in [-0.1, -0.05) is 6.92 Å². The number of nitrogens with zero attached hydrogens (tertiary/aromatic N) is 1. The Balaban J connectivity index is 4.19. The SMILES string of the molecule is CCC[N+](C)(CCCC(=O)OC)CC[NH+](C)CCC(=O)OC. The van der Waals surface area contributed by atoms with Crippen LogP contribution in [0, 0.1) is 0 Å². The lowest BCUT2D eigenvalue weighted by Crippen LogP contribution is -3.10. The van der Waals surface area contributed by atoms with Gasteiger partial charge in [0, 0.05) is 6.42 Å². The second-order valence-corrected chi connectivity index (χ2v) is 6.25. The fourth-order valence-corrected chi connectivity index (χ4v) is 2.59. The van der Waals surface area contributed by atoms with Crippen molar-refractivity contribution in [1.29, 1.82) is 0 Å². The molecule has 0 saturated heterocycles. The fourth-order valence-electron chi connectivity index (χ4n) is 2.59. The maximum Gasteiger partial charge on any atom is 0.311 e. The molecule has 6 nitrogen and oxygen atoms in total. The number of nitrogens with one attached hydrogen (secondary N) is 1. The van der Waals surface area contributed by atoms with Crippen molar-refractivity contribution in [1.82, 2.24) is 0 Å². The van der Waals surface area contributed by atoms with Gasteiger partial charge in [-0.2, -0.15) is 0 Å². The van der Waals surface area contributed by atoms with E-state index < -0.39 is 0 Å². The highest BCUT2D eigenvalue weighted by Gasteiger charge is 2.22. The third-order valence-corrected chi connectivity index (χ3v) is 4.13. The molecule has 0 aliphatic rings. The average molecular weight is 318 g/mol. The van der Waals surface area contributed by atoms with Crippen molar-refractivity contribution >= 4 is 11.9 Å². The normalized spacial score (nSPS) is 15.0. The minimum atomic E-state index is -0.150. The number of esters is 2. The fraction of sp³-hybridized carbons (Fsp3) is 0.875. The van der Waals surface area contributed by atoms with E-state index in [-0.39, 0.29) is 11.9 Å². The van der Waals surface area contributed by atoms with Crippen molar-refractivity contribution in [2.45, 2.75) is 32.6 Å². The van der Waals surface area contributed by atoms with Crippen LogP contribution in [0.25, 0.3) is 0 Å². The maximum atomic E-state index is 11.2. The molecule has 0 aromatic rings. The summed E-state index contributed by atoms with van der Waals surface area (Å²) >= 11 is 0. The van der Waals surface area contributed by atoms with Gasteiger partial charge in [-0.15, -0.1) is 0 Å². The summed E-state index contributed by atoms with van der Waals surface area (Å²) in [7, 11) is 7.21. The van der Waals surface area contributed by atoms with Crippen molar-refractivity contribution in [2.24, 2.45) is 0 Å². The Morgan fingerprint density at radius 2 is 1.55 bits per heavy atom. The van der Waals surface area contributed by atoms with Crippen molar-refractivity contribution in [3.63, 3.8) is 0 Å². The van der Waals surface area contributed by atoms with Crippen LogP contribution >= 0.6 is 0 Å². The number of likely N-dealkylation sites (N-methyl/N-ethyl adjacent to an activating group) is 2. The van der Waals surface area contributed by atoms with E-state index in [0.717, 1.165) is 50.0 Å². The zero-order chi connectivity index (χ0) is 17.0. The van der Waals surface area contributed by atoms with Gasteiger partial charge in [-0.05, 0) is 6.42 Å². The molecule has 0 amide bonds. The molecule has 0 fully saturated rings. The first kappa shape index (κ1) is 20.9. The van der Waals surface area contributed by atoms with Crippen LogP contribution in [0.3, 0.4) is 0 Å². The van der Waals surface area contributed by atoms with Crippen LogP contribution in [0.2, 0.25) is 0 Å². The number of carbonyl (C=O) groups excluding carboxylic acids is 2. The second kappa shape index (κ2) is 11.4. The third kappa shape index (κ3) is 9.73. The first-order valence-electron chi connectivity index (χ1n) is 8.15. The lowest BCUT2D eigenvalue weighted by molar-refractivity contribution is -0.952. The number of rotatable bonds is 12. The van der Waals surface area contributed by atoms with Gasteiger partial charge in [0.15, 0.2) is 0 Å². The van der Waals surface area contributed by atoms with Crippen LogP contribution in [-0.2, 0) is 19.1 Å². The molecule has 0 saturated carbocycles. The van der Waals surface area contributed by atoms with Crippen LogP contribution in [0.15, 0.2) is 0 Å². The average Bonchev–Trinajstić information content (AvgIpc) is 2.50. The standard InChI is InChI=1S/C16H33N2O4/c1-6-12-18(3,13-7-8-15(19)21-4)14-11-17(2)10-9-16(20)22-5/h6-14H2,1-5H3/q+1/p+1. The highest BCUT2D eigenvalue weighted by Crippen LogP contribution is 2.07. The molecule has 1 N–H and O–H groups in total. The number of methoxy groups -OCH3 is 2. The van der Waals surface area contributed by atoms with E-state index in [9.17, 15) is 9.59 Å². The number of hydrogen-bond acceptors (Lipinski definition) is 4. The Morgan fingerprint density at radius 1 is 0.955 bits per heavy atom. The van der Waals surface area contributed by atoms with E-state index in [1.54, 1.807) is 0 Å². The van der Waals surface area contributed by atoms with E-state index in [4.69, 9.17) is 4.74 Å². The summed E-state index contributed by atoms with van der Waals surface area (Å²) in [5.41, 5.74) is 0. The molecule has 130 valence electrons. The van der Waals surface area contributed by atoms with Gasteiger partial charge in [0.2, 0.25) is 0 Å². The summed E-state index contributed by atoms with van der Waals surface area (Å²) in [5, 5.41) is 0. The first-order chi connectivity index (χ1) is 10.4. The lowest BCUT2D eigenvalue weighted by atomic mass is 10.2. The molecule has 2 unspecified atom stereocenters. The number of hydrogen-bond donors (Lipinski definition) is 1. The smallest absolute Gasteiger partial charge is 0.311 e. The predicted octanol–water partition coefficient (Wildman–Crippen LogP) is -0.126. The summed E-state index contributed by atoms with van der Waals surface area (Å²) in [6, 6.07) is 0. The van der Waals surface area contributed by atoms with E-state index in [0.29, 0.717) is 12.8 Å². The molecule has 0 bridgehead atoms. The molecule has 0 aliphatic carbocycles. The van der Waals surface area contributed by atoms with Crippen molar-refractivity contribution in [3.8, 4) is 0 Å². The number of carbonyl (C=O) groups is 2. The molecular formula is C16H34N2O4+2. The quantitative estimate of drug-likeness (QED) is 0.402. The van der Waals surface area contributed by atoms with Crippen LogP contribution in [0.1, 0.15) is 32.6 Å². The number of ether oxygens (including phenoxy) is 2. The van der Waals surface area contributed by atoms with Crippen molar-refractivity contribution in [3.05, 3.63) is 0 Å². The van der Waals surface area contributed by atoms with Crippen molar-refractivity contribution in [2.75, 3.05) is 61.0 Å². The van der Waals surface area contributed by atoms with Gasteiger partial charge in [0.1, 0.15) is 13.1 Å². The predicted molar refractivity (Wildman–Crippen MR) is 85.6 cm³/mol. The summed E-state index contributed by atoms with van der Waals surface area (Å²) in [5.74, 6) is -0.285. The van der Waals surface area contributed by atoms with Crippen LogP contribution in [0.5, 0.6) is 0 Å². The van der Waals surface area contributed by atoms with Crippen LogP contribution in [-0.4, -0.2) is 77.5 Å². The molecule has 0 spiro atoms. The van der Waals surface area contributed by atoms with Gasteiger partial charge in [-0.3, -0.25) is 9.59 Å². The van der Waals surface area contributed by atoms with Crippen LogP contribution in [0.4, 0.5) is 0 Å². The van der Waals surface area contributed by atoms with Gasteiger partial charge in [0.25, 0.3) is 0 Å². The lowest BCUT2D eigenvalue weighted by Gasteiger charge is -2.34.